The van der Waals surface area contributed by atoms with Gasteiger partial charge in [-0.25, -0.2) is 13.6 Å². The summed E-state index contributed by atoms with van der Waals surface area (Å²) in [7, 11) is -3.68. The van der Waals surface area contributed by atoms with Crippen LogP contribution < -0.4 is 5.14 Å². The van der Waals surface area contributed by atoms with Gasteiger partial charge in [-0.15, -0.1) is 0 Å². The van der Waals surface area contributed by atoms with Crippen molar-refractivity contribution in [1.29, 1.82) is 0 Å². The van der Waals surface area contributed by atoms with Crippen LogP contribution in [-0.2, 0) is 27.8 Å². The van der Waals surface area contributed by atoms with Gasteiger partial charge in [0.25, 0.3) is 0 Å². The van der Waals surface area contributed by atoms with Crippen LogP contribution in [0.5, 0.6) is 0 Å². The molecular formula is C19H24N2O3S. The molecule has 0 aliphatic rings. The van der Waals surface area contributed by atoms with E-state index in [0.29, 0.717) is 19.4 Å². The molecule has 25 heavy (non-hydrogen) atoms. The van der Waals surface area contributed by atoms with Gasteiger partial charge in [0.15, 0.2) is 0 Å². The number of carbonyl (C=O) groups excluding carboxylic acids is 1. The first kappa shape index (κ1) is 19.1. The Morgan fingerprint density at radius 2 is 1.64 bits per heavy atom. The predicted octanol–water partition coefficient (Wildman–Crippen LogP) is 2.71. The second-order valence-corrected chi connectivity index (χ2v) is 7.55. The molecule has 134 valence electrons. The van der Waals surface area contributed by atoms with E-state index < -0.39 is 10.0 Å². The number of hydrogen-bond donors (Lipinski definition) is 1. The fourth-order valence-corrected chi connectivity index (χ4v) is 3.14. The third kappa shape index (κ3) is 5.99. The van der Waals surface area contributed by atoms with Crippen molar-refractivity contribution in [2.75, 3.05) is 6.54 Å². The molecule has 2 N–H and O–H groups in total. The molecule has 0 unspecified atom stereocenters. The molecule has 0 bridgehead atoms. The number of rotatable bonds is 8. The number of sulfonamides is 1. The molecule has 0 heterocycles. The zero-order valence-corrected chi connectivity index (χ0v) is 15.2. The summed E-state index contributed by atoms with van der Waals surface area (Å²) in [4.78, 5) is 14.5. The molecule has 0 saturated carbocycles. The van der Waals surface area contributed by atoms with E-state index >= 15 is 0 Å². The van der Waals surface area contributed by atoms with E-state index in [1.165, 1.54) is 12.1 Å². The van der Waals surface area contributed by atoms with Crippen LogP contribution in [0.1, 0.15) is 30.9 Å². The predicted molar refractivity (Wildman–Crippen MR) is 98.3 cm³/mol. The fraction of sp³-hybridized carbons (Fsp3) is 0.316. The zero-order valence-electron chi connectivity index (χ0n) is 14.4. The molecule has 2 aromatic rings. The van der Waals surface area contributed by atoms with Crippen molar-refractivity contribution in [3.05, 3.63) is 65.7 Å². The molecule has 0 atom stereocenters. The normalized spacial score (nSPS) is 11.3. The summed E-state index contributed by atoms with van der Waals surface area (Å²) in [5, 5.41) is 5.09. The summed E-state index contributed by atoms with van der Waals surface area (Å²) in [6.45, 7) is 3.38. The van der Waals surface area contributed by atoms with Gasteiger partial charge in [-0.3, -0.25) is 4.79 Å². The van der Waals surface area contributed by atoms with Gasteiger partial charge in [-0.1, -0.05) is 49.4 Å². The van der Waals surface area contributed by atoms with Crippen LogP contribution in [0.15, 0.2) is 59.5 Å². The van der Waals surface area contributed by atoms with Gasteiger partial charge in [0.2, 0.25) is 15.9 Å². The number of primary sulfonamides is 1. The van der Waals surface area contributed by atoms with Crippen molar-refractivity contribution < 1.29 is 13.2 Å². The van der Waals surface area contributed by atoms with Crippen LogP contribution in [0.25, 0.3) is 0 Å². The Morgan fingerprint density at radius 3 is 2.20 bits per heavy atom. The number of carbonyl (C=O) groups is 1. The third-order valence-corrected chi connectivity index (χ3v) is 4.87. The van der Waals surface area contributed by atoms with Gasteiger partial charge in [0, 0.05) is 19.5 Å². The van der Waals surface area contributed by atoms with E-state index in [-0.39, 0.29) is 10.8 Å². The van der Waals surface area contributed by atoms with Gasteiger partial charge >= 0.3 is 0 Å². The topological polar surface area (TPSA) is 80.5 Å². The molecule has 0 aliphatic heterocycles. The molecule has 0 aliphatic carbocycles. The smallest absolute Gasteiger partial charge is 0.238 e. The molecule has 2 rings (SSSR count). The highest BCUT2D eigenvalue weighted by Gasteiger charge is 2.13. The number of aryl methyl sites for hydroxylation is 1. The van der Waals surface area contributed by atoms with Crippen molar-refractivity contribution in [2.24, 2.45) is 5.14 Å². The Kier molecular flexibility index (Phi) is 6.73. The minimum atomic E-state index is -3.68. The van der Waals surface area contributed by atoms with E-state index in [4.69, 9.17) is 5.14 Å². The first-order valence-electron chi connectivity index (χ1n) is 8.33. The molecule has 0 saturated heterocycles. The summed E-state index contributed by atoms with van der Waals surface area (Å²) >= 11 is 0. The van der Waals surface area contributed by atoms with Crippen molar-refractivity contribution in [1.82, 2.24) is 4.90 Å². The minimum absolute atomic E-state index is 0.0827. The summed E-state index contributed by atoms with van der Waals surface area (Å²) in [5.41, 5.74) is 2.03. The van der Waals surface area contributed by atoms with Crippen LogP contribution in [-0.4, -0.2) is 25.8 Å². The molecular weight excluding hydrogens is 336 g/mol. The maximum Gasteiger partial charge on any atom is 0.238 e. The molecule has 0 radical (unpaired) electrons. The summed E-state index contributed by atoms with van der Waals surface area (Å²) in [6, 6.07) is 16.3. The molecule has 2 aromatic carbocycles. The number of nitrogens with zero attached hydrogens (tertiary/aromatic N) is 1. The van der Waals surface area contributed by atoms with Gasteiger partial charge in [0.05, 0.1) is 4.90 Å². The maximum absolute atomic E-state index is 12.5. The average molecular weight is 360 g/mol. The van der Waals surface area contributed by atoms with Crippen molar-refractivity contribution in [2.45, 2.75) is 37.6 Å². The Morgan fingerprint density at radius 1 is 1.00 bits per heavy atom. The number of amides is 1. The summed E-state index contributed by atoms with van der Waals surface area (Å²) in [6.07, 6.45) is 1.86. The van der Waals surface area contributed by atoms with Gasteiger partial charge < -0.3 is 4.90 Å². The van der Waals surface area contributed by atoms with E-state index in [9.17, 15) is 13.2 Å². The Hall–Kier alpha value is -2.18. The highest BCUT2D eigenvalue weighted by molar-refractivity contribution is 7.89. The summed E-state index contributed by atoms with van der Waals surface area (Å²) in [5.74, 6) is 0.0984. The number of hydrogen-bond acceptors (Lipinski definition) is 3. The van der Waals surface area contributed by atoms with Gasteiger partial charge in [0.1, 0.15) is 0 Å². The van der Waals surface area contributed by atoms with Crippen LogP contribution in [0, 0.1) is 0 Å². The number of benzene rings is 2. The van der Waals surface area contributed by atoms with Crippen molar-refractivity contribution >= 4 is 15.9 Å². The van der Waals surface area contributed by atoms with Crippen LogP contribution >= 0.6 is 0 Å². The van der Waals surface area contributed by atoms with Gasteiger partial charge in [-0.05, 0) is 36.1 Å². The van der Waals surface area contributed by atoms with E-state index in [0.717, 1.165) is 24.1 Å². The highest BCUT2D eigenvalue weighted by atomic mass is 32.2. The minimum Gasteiger partial charge on any atom is -0.338 e. The molecule has 0 aromatic heterocycles. The monoisotopic (exact) mass is 360 g/mol. The lowest BCUT2D eigenvalue weighted by Gasteiger charge is -2.22. The van der Waals surface area contributed by atoms with Crippen LogP contribution in [0.2, 0.25) is 0 Å². The highest BCUT2D eigenvalue weighted by Crippen LogP contribution is 2.12. The largest absolute Gasteiger partial charge is 0.338 e. The van der Waals surface area contributed by atoms with Crippen molar-refractivity contribution in [3.63, 3.8) is 0 Å². The lowest BCUT2D eigenvalue weighted by molar-refractivity contribution is -0.131. The second kappa shape index (κ2) is 8.78. The molecule has 1 amide bonds. The Bertz CT molecular complexity index is 787. The van der Waals surface area contributed by atoms with Gasteiger partial charge in [-0.2, -0.15) is 0 Å². The zero-order chi connectivity index (χ0) is 18.3. The average Bonchev–Trinajstić information content (AvgIpc) is 2.60. The molecule has 0 spiro atoms. The van der Waals surface area contributed by atoms with Crippen molar-refractivity contribution in [3.8, 4) is 0 Å². The Balaban J connectivity index is 1.96. The molecule has 0 fully saturated rings. The third-order valence-electron chi connectivity index (χ3n) is 3.94. The van der Waals surface area contributed by atoms with E-state index in [2.05, 4.69) is 6.92 Å². The summed E-state index contributed by atoms with van der Waals surface area (Å²) < 4.78 is 22.5. The van der Waals surface area contributed by atoms with E-state index in [1.807, 2.05) is 35.2 Å². The maximum atomic E-state index is 12.5. The SMILES string of the molecule is CCCN(Cc1ccccc1)C(=O)CCc1ccc(S(N)(=O)=O)cc1. The molecule has 5 nitrogen and oxygen atoms in total. The molecule has 6 heteroatoms. The first-order chi connectivity index (χ1) is 11.9. The first-order valence-corrected chi connectivity index (χ1v) is 9.88. The van der Waals surface area contributed by atoms with Crippen LogP contribution in [0.4, 0.5) is 0 Å². The quantitative estimate of drug-likeness (QED) is 0.786. The Labute approximate surface area is 149 Å². The standard InChI is InChI=1S/C19H24N2O3S/c1-2-14-21(15-17-6-4-3-5-7-17)19(22)13-10-16-8-11-18(12-9-16)25(20,23)24/h3-9,11-12H,2,10,13-15H2,1H3,(H2,20,23,24). The fourth-order valence-electron chi connectivity index (χ4n) is 2.62. The lowest BCUT2D eigenvalue weighted by atomic mass is 10.1. The van der Waals surface area contributed by atoms with Crippen LogP contribution in [0.3, 0.4) is 0 Å². The van der Waals surface area contributed by atoms with E-state index in [1.54, 1.807) is 12.1 Å². The second-order valence-electron chi connectivity index (χ2n) is 5.99. The lowest BCUT2D eigenvalue weighted by Crippen LogP contribution is -2.31. The number of nitrogens with two attached hydrogens (primary N) is 1.